The highest BCUT2D eigenvalue weighted by Gasteiger charge is 2.19. The summed E-state index contributed by atoms with van der Waals surface area (Å²) in [4.78, 5) is 10.7. The van der Waals surface area contributed by atoms with Gasteiger partial charge in [0.2, 0.25) is 0 Å². The fourth-order valence-electron chi connectivity index (χ4n) is 1.26. The number of benzene rings is 1. The largest absolute Gasteiger partial charge is 0.478 e. The summed E-state index contributed by atoms with van der Waals surface area (Å²) in [6.07, 6.45) is 0. The Bertz CT molecular complexity index is 368. The van der Waals surface area contributed by atoms with E-state index in [-0.39, 0.29) is 0 Å². The molecule has 0 aliphatic carbocycles. The van der Waals surface area contributed by atoms with Crippen LogP contribution in [0.4, 0.5) is 0 Å². The minimum atomic E-state index is -1.26. The third-order valence-electron chi connectivity index (χ3n) is 2.77. The van der Waals surface area contributed by atoms with Crippen LogP contribution < -0.4 is 0 Å². The zero-order chi connectivity index (χ0) is 12.3. The van der Waals surface area contributed by atoms with Gasteiger partial charge >= 0.3 is 5.97 Å². The average Bonchev–Trinajstić information content (AvgIpc) is 2.17. The molecular formula is C12H19NO2Si. The smallest absolute Gasteiger partial charge is 0.335 e. The van der Waals surface area contributed by atoms with Crippen LogP contribution in [0.5, 0.6) is 0 Å². The fraction of sp³-hybridized carbons (Fsp3) is 0.417. The number of carbonyl (C=O) groups is 1. The molecule has 0 aliphatic heterocycles. The van der Waals surface area contributed by atoms with Crippen molar-refractivity contribution in [1.82, 2.24) is 4.57 Å². The van der Waals surface area contributed by atoms with Gasteiger partial charge in [-0.05, 0) is 24.7 Å². The standard InChI is InChI=1S/C12H19NO2Si/c1-13(16(2,3)4)9-10-5-7-11(8-6-10)12(14)15/h5-8H,9H2,1-4H3,(H,14,15). The summed E-state index contributed by atoms with van der Waals surface area (Å²) in [5, 5.41) is 8.78. The first-order chi connectivity index (χ1) is 7.30. The van der Waals surface area contributed by atoms with Gasteiger partial charge in [-0.25, -0.2) is 4.79 Å². The summed E-state index contributed by atoms with van der Waals surface area (Å²) in [7, 11) is 0.861. The Balaban J connectivity index is 2.73. The molecule has 0 spiro atoms. The Hall–Kier alpha value is -1.13. The molecule has 1 aromatic rings. The van der Waals surface area contributed by atoms with Crippen molar-refractivity contribution in [1.29, 1.82) is 0 Å². The Kier molecular flexibility index (Phi) is 3.88. The second-order valence-electron chi connectivity index (χ2n) is 5.03. The zero-order valence-corrected chi connectivity index (χ0v) is 11.3. The number of hydrogen-bond acceptors (Lipinski definition) is 2. The molecule has 0 aliphatic rings. The summed E-state index contributed by atoms with van der Waals surface area (Å²) >= 11 is 0. The van der Waals surface area contributed by atoms with Crippen molar-refractivity contribution in [3.8, 4) is 0 Å². The average molecular weight is 237 g/mol. The van der Waals surface area contributed by atoms with E-state index in [0.717, 1.165) is 12.1 Å². The van der Waals surface area contributed by atoms with Gasteiger partial charge in [0.25, 0.3) is 0 Å². The van der Waals surface area contributed by atoms with Crippen LogP contribution in [0.3, 0.4) is 0 Å². The number of carboxylic acids is 1. The summed E-state index contributed by atoms with van der Waals surface area (Å²) in [5.74, 6) is -0.870. The molecule has 0 bridgehead atoms. The number of rotatable bonds is 4. The van der Waals surface area contributed by atoms with Gasteiger partial charge in [-0.1, -0.05) is 31.8 Å². The monoisotopic (exact) mass is 237 g/mol. The predicted molar refractivity (Wildman–Crippen MR) is 68.2 cm³/mol. The maximum atomic E-state index is 10.7. The van der Waals surface area contributed by atoms with Gasteiger partial charge in [0.1, 0.15) is 8.24 Å². The summed E-state index contributed by atoms with van der Waals surface area (Å²) in [5.41, 5.74) is 1.51. The molecule has 88 valence electrons. The van der Waals surface area contributed by atoms with E-state index in [1.165, 1.54) is 0 Å². The van der Waals surface area contributed by atoms with Gasteiger partial charge in [0.05, 0.1) is 5.56 Å². The van der Waals surface area contributed by atoms with Crippen LogP contribution in [0.25, 0.3) is 0 Å². The van der Waals surface area contributed by atoms with Crippen LogP contribution in [0, 0.1) is 0 Å². The Morgan fingerprint density at radius 3 is 2.12 bits per heavy atom. The summed E-state index contributed by atoms with van der Waals surface area (Å²) in [6, 6.07) is 7.10. The van der Waals surface area contributed by atoms with Crippen LogP contribution in [-0.4, -0.2) is 30.9 Å². The van der Waals surface area contributed by atoms with E-state index in [1.54, 1.807) is 12.1 Å². The summed E-state index contributed by atoms with van der Waals surface area (Å²) in [6.45, 7) is 7.76. The van der Waals surface area contributed by atoms with Crippen molar-refractivity contribution in [2.45, 2.75) is 26.2 Å². The van der Waals surface area contributed by atoms with Crippen molar-refractivity contribution in [2.75, 3.05) is 7.05 Å². The highest BCUT2D eigenvalue weighted by molar-refractivity contribution is 6.73. The van der Waals surface area contributed by atoms with Gasteiger partial charge in [-0.3, -0.25) is 0 Å². The van der Waals surface area contributed by atoms with Gasteiger partial charge < -0.3 is 9.67 Å². The van der Waals surface area contributed by atoms with Gasteiger partial charge in [-0.15, -0.1) is 0 Å². The lowest BCUT2D eigenvalue weighted by atomic mass is 10.1. The minimum absolute atomic E-state index is 0.347. The maximum absolute atomic E-state index is 10.7. The molecule has 0 saturated carbocycles. The quantitative estimate of drug-likeness (QED) is 0.818. The first-order valence-corrected chi connectivity index (χ1v) is 8.79. The molecule has 0 heterocycles. The maximum Gasteiger partial charge on any atom is 0.335 e. The molecule has 0 saturated heterocycles. The Labute approximate surface area is 97.8 Å². The van der Waals surface area contributed by atoms with Crippen molar-refractivity contribution >= 4 is 14.2 Å². The van der Waals surface area contributed by atoms with Crippen molar-refractivity contribution in [3.05, 3.63) is 35.4 Å². The van der Waals surface area contributed by atoms with Crippen molar-refractivity contribution in [2.24, 2.45) is 0 Å². The first kappa shape index (κ1) is 12.9. The van der Waals surface area contributed by atoms with E-state index < -0.39 is 14.2 Å². The van der Waals surface area contributed by atoms with Crippen molar-refractivity contribution < 1.29 is 9.90 Å². The highest BCUT2D eigenvalue weighted by Crippen LogP contribution is 2.12. The zero-order valence-electron chi connectivity index (χ0n) is 10.3. The second-order valence-corrected chi connectivity index (χ2v) is 10.1. The molecule has 0 amide bonds. The molecule has 0 fully saturated rings. The molecule has 1 rings (SSSR count). The lowest BCUT2D eigenvalue weighted by Crippen LogP contribution is -2.42. The highest BCUT2D eigenvalue weighted by atomic mass is 28.3. The van der Waals surface area contributed by atoms with Crippen LogP contribution in [0.15, 0.2) is 24.3 Å². The first-order valence-electron chi connectivity index (χ1n) is 5.34. The van der Waals surface area contributed by atoms with Crippen LogP contribution in [0.2, 0.25) is 19.6 Å². The number of aromatic carboxylic acids is 1. The summed E-state index contributed by atoms with van der Waals surface area (Å²) < 4.78 is 2.36. The molecule has 1 aromatic carbocycles. The van der Waals surface area contributed by atoms with E-state index in [4.69, 9.17) is 5.11 Å². The van der Waals surface area contributed by atoms with Crippen LogP contribution in [-0.2, 0) is 6.54 Å². The molecule has 0 aromatic heterocycles. The molecule has 0 unspecified atom stereocenters. The molecule has 0 radical (unpaired) electrons. The lowest BCUT2D eigenvalue weighted by Gasteiger charge is -2.29. The predicted octanol–water partition coefficient (Wildman–Crippen LogP) is 2.65. The third kappa shape index (κ3) is 3.47. The molecule has 0 atom stereocenters. The van der Waals surface area contributed by atoms with Crippen LogP contribution in [0.1, 0.15) is 15.9 Å². The van der Waals surface area contributed by atoms with E-state index in [0.29, 0.717) is 5.56 Å². The molecule has 4 heteroatoms. The van der Waals surface area contributed by atoms with Crippen LogP contribution >= 0.6 is 0 Å². The van der Waals surface area contributed by atoms with E-state index >= 15 is 0 Å². The SMILES string of the molecule is CN(Cc1ccc(C(=O)O)cc1)[Si](C)(C)C. The molecule has 16 heavy (non-hydrogen) atoms. The van der Waals surface area contributed by atoms with Gasteiger partial charge in [0.15, 0.2) is 0 Å². The van der Waals surface area contributed by atoms with E-state index in [2.05, 4.69) is 31.3 Å². The van der Waals surface area contributed by atoms with Gasteiger partial charge in [0, 0.05) is 6.54 Å². The number of hydrogen-bond donors (Lipinski definition) is 1. The second kappa shape index (κ2) is 4.80. The Morgan fingerprint density at radius 2 is 1.75 bits per heavy atom. The topological polar surface area (TPSA) is 40.5 Å². The molecule has 1 N–H and O–H groups in total. The fourth-order valence-corrected chi connectivity index (χ4v) is 1.92. The van der Waals surface area contributed by atoms with Crippen molar-refractivity contribution in [3.63, 3.8) is 0 Å². The number of nitrogens with zero attached hydrogens (tertiary/aromatic N) is 1. The third-order valence-corrected chi connectivity index (χ3v) is 5.21. The lowest BCUT2D eigenvalue weighted by molar-refractivity contribution is 0.0697. The molecule has 3 nitrogen and oxygen atoms in total. The Morgan fingerprint density at radius 1 is 1.25 bits per heavy atom. The van der Waals surface area contributed by atoms with E-state index in [9.17, 15) is 4.79 Å². The minimum Gasteiger partial charge on any atom is -0.478 e. The normalized spacial score (nSPS) is 11.8. The van der Waals surface area contributed by atoms with E-state index in [1.807, 2.05) is 12.1 Å². The number of carboxylic acid groups (broad SMARTS) is 1. The molecular weight excluding hydrogens is 218 g/mol. The van der Waals surface area contributed by atoms with Gasteiger partial charge in [-0.2, -0.15) is 0 Å².